The monoisotopic (exact) mass is 511 g/mol. The molecule has 2 atom stereocenters. The molecule has 2 unspecified atom stereocenters. The third-order valence-corrected chi connectivity index (χ3v) is 8.14. The molecule has 0 N–H and O–H groups in total. The van der Waals surface area contributed by atoms with Crippen molar-refractivity contribution < 1.29 is 57.1 Å². The fraction of sp³-hybridized carbons (Fsp3) is 1.00. The van der Waals surface area contributed by atoms with Crippen LogP contribution in [0.4, 0.5) is 39.5 Å². The Morgan fingerprint density at radius 1 is 0.839 bits per heavy atom. The third kappa shape index (κ3) is 3.51. The quantitative estimate of drug-likeness (QED) is 0.211. The van der Waals surface area contributed by atoms with E-state index in [2.05, 4.69) is 0 Å². The molecule has 2 aliphatic rings. The summed E-state index contributed by atoms with van der Waals surface area (Å²) in [6.07, 6.45) is -6.51. The molecule has 1 aliphatic heterocycles. The second-order valence-corrected chi connectivity index (χ2v) is 14.8. The van der Waals surface area contributed by atoms with Gasteiger partial charge in [-0.3, -0.25) is 0 Å². The van der Waals surface area contributed by atoms with Gasteiger partial charge in [0.05, 0.1) is 0 Å². The van der Waals surface area contributed by atoms with E-state index in [1.807, 2.05) is 0 Å². The molecular weight excluding hydrogens is 489 g/mol. The van der Waals surface area contributed by atoms with Crippen molar-refractivity contribution in [3.05, 3.63) is 0 Å². The lowest BCUT2D eigenvalue weighted by molar-refractivity contribution is -0.382. The first-order chi connectivity index (χ1) is 13.6. The molecule has 0 bridgehead atoms. The molecule has 2 rings (SSSR count). The number of alkyl halides is 9. The summed E-state index contributed by atoms with van der Waals surface area (Å²) >= 11 is 0. The standard InChI is InChI=1S/C15H22F9NO4SSi/c1-28-15(29-31(2,3)4)10(8-6-5-7-9-10)25(15)30(26,27)14(23,24)12(18,19)11(16,17)13(20,21)22/h5-9H2,1-4H3. The zero-order valence-corrected chi connectivity index (χ0v) is 18.7. The van der Waals surface area contributed by atoms with Crippen LogP contribution in [0.1, 0.15) is 32.1 Å². The largest absolute Gasteiger partial charge is 0.460 e. The summed E-state index contributed by atoms with van der Waals surface area (Å²) in [5, 5.41) is -6.83. The van der Waals surface area contributed by atoms with Gasteiger partial charge in [-0.05, 0) is 32.5 Å². The summed E-state index contributed by atoms with van der Waals surface area (Å²) in [5.41, 5.74) is -1.92. The van der Waals surface area contributed by atoms with E-state index in [1.54, 1.807) is 0 Å². The lowest BCUT2D eigenvalue weighted by Gasteiger charge is -2.34. The SMILES string of the molecule is COC1(O[Si](C)(C)C)N(S(=O)(=O)C(F)(F)C(F)(F)C(F)(F)C(F)(F)F)C12CCCCC2. The maximum absolute atomic E-state index is 14.5. The summed E-state index contributed by atoms with van der Waals surface area (Å²) in [4.78, 5) is 0. The van der Waals surface area contributed by atoms with Gasteiger partial charge < -0.3 is 9.16 Å². The Morgan fingerprint density at radius 2 is 1.29 bits per heavy atom. The molecule has 0 aromatic heterocycles. The molecule has 0 radical (unpaired) electrons. The van der Waals surface area contributed by atoms with E-state index in [1.165, 1.54) is 19.6 Å². The molecule has 2 fully saturated rings. The third-order valence-electron chi connectivity index (χ3n) is 5.28. The summed E-state index contributed by atoms with van der Waals surface area (Å²) in [6, 6.07) is 0. The Hall–Kier alpha value is -0.583. The molecule has 16 heteroatoms. The first kappa shape index (κ1) is 26.7. The van der Waals surface area contributed by atoms with Crippen molar-refractivity contribution >= 4 is 18.3 Å². The van der Waals surface area contributed by atoms with E-state index in [4.69, 9.17) is 9.16 Å². The summed E-state index contributed by atoms with van der Waals surface area (Å²) < 4.78 is 156. The number of methoxy groups -OCH3 is 1. The minimum Gasteiger partial charge on any atom is -0.377 e. The highest BCUT2D eigenvalue weighted by atomic mass is 32.2. The van der Waals surface area contributed by atoms with E-state index >= 15 is 0 Å². The highest BCUT2D eigenvalue weighted by molar-refractivity contribution is 7.90. The van der Waals surface area contributed by atoms with Crippen molar-refractivity contribution in [3.8, 4) is 0 Å². The Labute approximate surface area is 174 Å². The molecule has 1 saturated carbocycles. The average Bonchev–Trinajstić information content (AvgIpc) is 3.12. The van der Waals surface area contributed by atoms with Gasteiger partial charge in [-0.2, -0.15) is 39.5 Å². The first-order valence-electron chi connectivity index (χ1n) is 9.10. The van der Waals surface area contributed by atoms with Crippen LogP contribution < -0.4 is 0 Å². The Kier molecular flexibility index (Phi) is 6.20. The van der Waals surface area contributed by atoms with Crippen molar-refractivity contribution in [2.24, 2.45) is 0 Å². The van der Waals surface area contributed by atoms with Gasteiger partial charge in [-0.15, -0.1) is 4.31 Å². The molecule has 1 aliphatic carbocycles. The van der Waals surface area contributed by atoms with E-state index in [9.17, 15) is 47.9 Å². The van der Waals surface area contributed by atoms with Crippen LogP contribution in [-0.4, -0.2) is 62.9 Å². The molecule has 1 heterocycles. The highest BCUT2D eigenvalue weighted by Crippen LogP contribution is 2.66. The normalized spacial score (nSPS) is 28.1. The molecule has 5 nitrogen and oxygen atoms in total. The summed E-state index contributed by atoms with van der Waals surface area (Å²) in [5.74, 6) is -17.2. The van der Waals surface area contributed by atoms with Crippen molar-refractivity contribution in [2.45, 2.75) is 86.5 Å². The second-order valence-electron chi connectivity index (χ2n) is 8.53. The van der Waals surface area contributed by atoms with Crippen LogP contribution in [0.15, 0.2) is 0 Å². The van der Waals surface area contributed by atoms with Crippen LogP contribution in [0.2, 0.25) is 19.6 Å². The molecule has 0 amide bonds. The van der Waals surface area contributed by atoms with Crippen molar-refractivity contribution in [3.63, 3.8) is 0 Å². The van der Waals surface area contributed by atoms with Gasteiger partial charge in [0.15, 0.2) is 8.32 Å². The molecular formula is C15H22F9NO4SSi. The van der Waals surface area contributed by atoms with Gasteiger partial charge in [-0.25, -0.2) is 8.42 Å². The fourth-order valence-electron chi connectivity index (χ4n) is 3.92. The molecule has 0 aromatic rings. The Balaban J connectivity index is 2.65. The Morgan fingerprint density at radius 3 is 1.65 bits per heavy atom. The maximum Gasteiger partial charge on any atom is 0.460 e. The molecule has 1 spiro atoms. The molecule has 1 saturated heterocycles. The number of rotatable bonds is 7. The van der Waals surface area contributed by atoms with E-state index < -0.39 is 53.1 Å². The second kappa shape index (κ2) is 7.21. The predicted octanol–water partition coefficient (Wildman–Crippen LogP) is 4.91. The van der Waals surface area contributed by atoms with Gasteiger partial charge >= 0.3 is 23.3 Å². The number of hydrogen-bond acceptors (Lipinski definition) is 4. The Bertz CT molecular complexity index is 806. The zero-order valence-electron chi connectivity index (χ0n) is 16.9. The highest BCUT2D eigenvalue weighted by Gasteiger charge is 2.92. The van der Waals surface area contributed by atoms with Gasteiger partial charge in [0.1, 0.15) is 5.54 Å². The molecule has 184 valence electrons. The number of sulfonamides is 1. The maximum atomic E-state index is 14.5. The van der Waals surface area contributed by atoms with Crippen LogP contribution >= 0.6 is 0 Å². The summed E-state index contributed by atoms with van der Waals surface area (Å²) in [7, 11) is -8.82. The van der Waals surface area contributed by atoms with E-state index in [0.717, 1.165) is 7.11 Å². The number of ether oxygens (including phenoxy) is 1. The lowest BCUT2D eigenvalue weighted by Crippen LogP contribution is -2.64. The van der Waals surface area contributed by atoms with Crippen molar-refractivity contribution in [1.82, 2.24) is 4.31 Å². The average molecular weight is 511 g/mol. The smallest absolute Gasteiger partial charge is 0.377 e. The molecule has 31 heavy (non-hydrogen) atoms. The van der Waals surface area contributed by atoms with Gasteiger partial charge in [0, 0.05) is 7.11 Å². The van der Waals surface area contributed by atoms with E-state index in [-0.39, 0.29) is 30.0 Å². The fourth-order valence-corrected chi connectivity index (χ4v) is 7.18. The van der Waals surface area contributed by atoms with Crippen molar-refractivity contribution in [1.29, 1.82) is 0 Å². The first-order valence-corrected chi connectivity index (χ1v) is 13.9. The van der Waals surface area contributed by atoms with Gasteiger partial charge in [-0.1, -0.05) is 19.3 Å². The van der Waals surface area contributed by atoms with Crippen LogP contribution in [-0.2, 0) is 19.2 Å². The minimum absolute atomic E-state index is 0.193. The topological polar surface area (TPSA) is 55.6 Å². The number of hydrogen-bond donors (Lipinski definition) is 0. The predicted molar refractivity (Wildman–Crippen MR) is 91.6 cm³/mol. The lowest BCUT2D eigenvalue weighted by atomic mass is 9.87. The minimum atomic E-state index is -7.33. The van der Waals surface area contributed by atoms with Crippen molar-refractivity contribution in [2.75, 3.05) is 7.11 Å². The van der Waals surface area contributed by atoms with Crippen LogP contribution in [0.5, 0.6) is 0 Å². The van der Waals surface area contributed by atoms with E-state index in [0.29, 0.717) is 6.42 Å². The van der Waals surface area contributed by atoms with Crippen LogP contribution in [0, 0.1) is 0 Å². The van der Waals surface area contributed by atoms with Gasteiger partial charge in [0.25, 0.3) is 15.9 Å². The number of halogens is 9. The number of nitrogens with zero attached hydrogens (tertiary/aromatic N) is 1. The van der Waals surface area contributed by atoms with Crippen LogP contribution in [0.3, 0.4) is 0 Å². The van der Waals surface area contributed by atoms with Crippen LogP contribution in [0.25, 0.3) is 0 Å². The zero-order chi connectivity index (χ0) is 24.5. The molecule has 0 aromatic carbocycles. The van der Waals surface area contributed by atoms with Gasteiger partial charge in [0.2, 0.25) is 0 Å². The summed E-state index contributed by atoms with van der Waals surface area (Å²) in [6.45, 7) is 4.49.